The summed E-state index contributed by atoms with van der Waals surface area (Å²) in [6.45, 7) is 11.7. The first-order valence-corrected chi connectivity index (χ1v) is 10.2. The van der Waals surface area contributed by atoms with Crippen LogP contribution in [0.1, 0.15) is 40.2 Å². The van der Waals surface area contributed by atoms with Gasteiger partial charge in [0.2, 0.25) is 11.8 Å². The number of rotatable bonds is 4. The van der Waals surface area contributed by atoms with Crippen molar-refractivity contribution >= 4 is 17.7 Å². The zero-order valence-corrected chi connectivity index (χ0v) is 17.4. The van der Waals surface area contributed by atoms with E-state index in [1.807, 2.05) is 30.9 Å². The summed E-state index contributed by atoms with van der Waals surface area (Å²) in [7, 11) is 0. The van der Waals surface area contributed by atoms with Crippen LogP contribution in [-0.4, -0.2) is 52.1 Å². The molecule has 27 heavy (non-hydrogen) atoms. The fourth-order valence-electron chi connectivity index (χ4n) is 3.09. The summed E-state index contributed by atoms with van der Waals surface area (Å²) in [6, 6.07) is 8.14. The van der Waals surface area contributed by atoms with Crippen LogP contribution in [0.3, 0.4) is 0 Å². The molecule has 1 aromatic heterocycles. The number of hydrogen-bond donors (Lipinski definition) is 0. The van der Waals surface area contributed by atoms with Crippen molar-refractivity contribution in [2.75, 3.05) is 18.8 Å². The number of thioether (sulfide) groups is 1. The van der Waals surface area contributed by atoms with E-state index in [-0.39, 0.29) is 29.3 Å². The highest BCUT2D eigenvalue weighted by Gasteiger charge is 2.26. The molecule has 0 spiro atoms. The number of hydrogen-bond acceptors (Lipinski definition) is 6. The molecule has 1 aromatic carbocycles. The topological polar surface area (TPSA) is 68.5 Å². The number of nitrogens with zero attached hydrogens (tertiary/aromatic N) is 3. The van der Waals surface area contributed by atoms with Crippen LogP contribution in [0.25, 0.3) is 11.5 Å². The standard InChI is InChI=1S/C20H27N3O3S/c1-13-10-23(11-14(2)25-13)17(24)12-27-19-22-21-18(26-19)15-6-8-16(9-7-15)20(3,4)5/h6-9,13-14H,10-12H2,1-5H3/t13-,14-/m1/s1. The summed E-state index contributed by atoms with van der Waals surface area (Å²) in [5.41, 5.74) is 2.23. The predicted octanol–water partition coefficient (Wildman–Crippen LogP) is 3.76. The van der Waals surface area contributed by atoms with Gasteiger partial charge in [0.1, 0.15) is 0 Å². The lowest BCUT2D eigenvalue weighted by Gasteiger charge is -2.35. The second-order valence-corrected chi connectivity index (χ2v) is 8.97. The molecule has 0 aliphatic carbocycles. The van der Waals surface area contributed by atoms with E-state index in [0.29, 0.717) is 24.2 Å². The third kappa shape index (κ3) is 5.11. The van der Waals surface area contributed by atoms with Crippen LogP contribution in [0.5, 0.6) is 0 Å². The van der Waals surface area contributed by atoms with E-state index in [9.17, 15) is 4.79 Å². The Morgan fingerprint density at radius 3 is 2.37 bits per heavy atom. The Bertz CT molecular complexity index is 773. The number of aromatic nitrogens is 2. The minimum Gasteiger partial charge on any atom is -0.411 e. The van der Waals surface area contributed by atoms with Crippen LogP contribution in [-0.2, 0) is 14.9 Å². The number of benzene rings is 1. The fourth-order valence-corrected chi connectivity index (χ4v) is 3.76. The maximum atomic E-state index is 12.4. The summed E-state index contributed by atoms with van der Waals surface area (Å²) in [6.07, 6.45) is 0.127. The van der Waals surface area contributed by atoms with Crippen LogP contribution in [0.2, 0.25) is 0 Å². The maximum absolute atomic E-state index is 12.4. The average molecular weight is 390 g/mol. The Kier molecular flexibility index (Phi) is 5.91. The van der Waals surface area contributed by atoms with Gasteiger partial charge >= 0.3 is 0 Å². The lowest BCUT2D eigenvalue weighted by molar-refractivity contribution is -0.140. The Morgan fingerprint density at radius 1 is 1.15 bits per heavy atom. The van der Waals surface area contributed by atoms with Crippen LogP contribution in [0, 0.1) is 0 Å². The van der Waals surface area contributed by atoms with E-state index in [4.69, 9.17) is 9.15 Å². The van der Waals surface area contributed by atoms with Gasteiger partial charge in [-0.1, -0.05) is 44.7 Å². The Labute approximate surface area is 164 Å². The molecular weight excluding hydrogens is 362 g/mol. The van der Waals surface area contributed by atoms with Crippen LogP contribution >= 0.6 is 11.8 Å². The smallest absolute Gasteiger partial charge is 0.277 e. The van der Waals surface area contributed by atoms with E-state index in [0.717, 1.165) is 5.56 Å². The molecule has 2 atom stereocenters. The molecule has 146 valence electrons. The molecule has 0 unspecified atom stereocenters. The van der Waals surface area contributed by atoms with Crippen molar-refractivity contribution in [2.24, 2.45) is 0 Å². The molecule has 0 N–H and O–H groups in total. The molecule has 1 fully saturated rings. The molecule has 2 heterocycles. The van der Waals surface area contributed by atoms with Crippen LogP contribution in [0.15, 0.2) is 33.9 Å². The van der Waals surface area contributed by atoms with Gasteiger partial charge in [-0.15, -0.1) is 10.2 Å². The van der Waals surface area contributed by atoms with Crippen LogP contribution in [0.4, 0.5) is 0 Å². The van der Waals surface area contributed by atoms with Gasteiger partial charge in [-0.2, -0.15) is 0 Å². The molecule has 0 bridgehead atoms. The monoisotopic (exact) mass is 389 g/mol. The molecule has 0 radical (unpaired) electrons. The third-order valence-electron chi connectivity index (χ3n) is 4.50. The van der Waals surface area contributed by atoms with E-state index >= 15 is 0 Å². The average Bonchev–Trinajstić information content (AvgIpc) is 3.07. The highest BCUT2D eigenvalue weighted by molar-refractivity contribution is 7.99. The lowest BCUT2D eigenvalue weighted by atomic mass is 9.87. The number of amides is 1. The zero-order valence-electron chi connectivity index (χ0n) is 16.6. The van der Waals surface area contributed by atoms with Gasteiger partial charge in [-0.25, -0.2) is 0 Å². The van der Waals surface area contributed by atoms with Gasteiger partial charge in [0, 0.05) is 18.7 Å². The minimum absolute atomic E-state index is 0.0637. The number of carbonyl (C=O) groups is 1. The lowest BCUT2D eigenvalue weighted by Crippen LogP contribution is -2.48. The van der Waals surface area contributed by atoms with Crippen molar-refractivity contribution in [3.63, 3.8) is 0 Å². The second-order valence-electron chi connectivity index (χ2n) is 8.05. The van der Waals surface area contributed by atoms with Crippen molar-refractivity contribution in [1.29, 1.82) is 0 Å². The molecule has 1 aliphatic rings. The normalized spacial score (nSPS) is 20.7. The fraction of sp³-hybridized carbons (Fsp3) is 0.550. The van der Waals surface area contributed by atoms with Gasteiger partial charge in [0.25, 0.3) is 5.22 Å². The highest BCUT2D eigenvalue weighted by atomic mass is 32.2. The van der Waals surface area contributed by atoms with Gasteiger partial charge in [-0.05, 0) is 37.0 Å². The van der Waals surface area contributed by atoms with Crippen molar-refractivity contribution < 1.29 is 13.9 Å². The van der Waals surface area contributed by atoms with Gasteiger partial charge in [0.15, 0.2) is 0 Å². The molecule has 6 nitrogen and oxygen atoms in total. The molecular formula is C20H27N3O3S. The van der Waals surface area contributed by atoms with Crippen molar-refractivity contribution in [3.05, 3.63) is 29.8 Å². The summed E-state index contributed by atoms with van der Waals surface area (Å²) >= 11 is 1.28. The van der Waals surface area contributed by atoms with Gasteiger partial charge < -0.3 is 14.1 Å². The van der Waals surface area contributed by atoms with Gasteiger partial charge in [-0.3, -0.25) is 4.79 Å². The largest absolute Gasteiger partial charge is 0.411 e. The first kappa shape index (κ1) is 19.9. The van der Waals surface area contributed by atoms with E-state index < -0.39 is 0 Å². The zero-order chi connectivity index (χ0) is 19.6. The number of carbonyl (C=O) groups excluding carboxylic acids is 1. The van der Waals surface area contributed by atoms with E-state index in [1.165, 1.54) is 17.3 Å². The SMILES string of the molecule is C[C@@H]1CN(C(=O)CSc2nnc(-c3ccc(C(C)(C)C)cc3)o2)C[C@@H](C)O1. The van der Waals surface area contributed by atoms with E-state index in [2.05, 4.69) is 43.1 Å². The summed E-state index contributed by atoms with van der Waals surface area (Å²) in [4.78, 5) is 14.3. The summed E-state index contributed by atoms with van der Waals surface area (Å²) in [5.74, 6) is 0.819. The van der Waals surface area contributed by atoms with Crippen molar-refractivity contribution in [1.82, 2.24) is 15.1 Å². The molecule has 7 heteroatoms. The first-order chi connectivity index (χ1) is 12.7. The Hall–Kier alpha value is -1.86. The third-order valence-corrected chi connectivity index (χ3v) is 5.30. The number of morpholine rings is 1. The van der Waals surface area contributed by atoms with Crippen molar-refractivity contribution in [3.8, 4) is 11.5 Å². The molecule has 1 aliphatic heterocycles. The summed E-state index contributed by atoms with van der Waals surface area (Å²) in [5, 5.41) is 8.58. The maximum Gasteiger partial charge on any atom is 0.277 e. The minimum atomic E-state index is 0.0637. The Balaban J connectivity index is 1.59. The molecule has 1 amide bonds. The molecule has 2 aromatic rings. The second kappa shape index (κ2) is 8.02. The molecule has 0 saturated carbocycles. The molecule has 3 rings (SSSR count). The van der Waals surface area contributed by atoms with E-state index in [1.54, 1.807) is 0 Å². The Morgan fingerprint density at radius 2 is 1.78 bits per heavy atom. The van der Waals surface area contributed by atoms with Crippen LogP contribution < -0.4 is 0 Å². The highest BCUT2D eigenvalue weighted by Crippen LogP contribution is 2.27. The predicted molar refractivity (Wildman–Crippen MR) is 106 cm³/mol. The quantitative estimate of drug-likeness (QED) is 0.742. The van der Waals surface area contributed by atoms with Gasteiger partial charge in [0.05, 0.1) is 18.0 Å². The van der Waals surface area contributed by atoms with Crippen molar-refractivity contribution in [2.45, 2.75) is 57.5 Å². The molecule has 1 saturated heterocycles. The number of ether oxygens (including phenoxy) is 1. The summed E-state index contributed by atoms with van der Waals surface area (Å²) < 4.78 is 11.4. The first-order valence-electron chi connectivity index (χ1n) is 9.23.